The lowest BCUT2D eigenvalue weighted by atomic mass is 10.1. The van der Waals surface area contributed by atoms with Crippen LogP contribution in [-0.4, -0.2) is 51.2 Å². The van der Waals surface area contributed by atoms with Crippen LogP contribution in [0.15, 0.2) is 0 Å². The van der Waals surface area contributed by atoms with Gasteiger partial charge in [-0.3, -0.25) is 0 Å². The van der Waals surface area contributed by atoms with E-state index in [0.717, 1.165) is 19.4 Å². The maximum atomic E-state index is 9.37. The van der Waals surface area contributed by atoms with Crippen LogP contribution in [0.3, 0.4) is 0 Å². The normalized spacial score (nSPS) is 36.6. The molecule has 84 valence electrons. The molecule has 1 rings (SSSR count). The molecule has 2 unspecified atom stereocenters. The highest BCUT2D eigenvalue weighted by Gasteiger charge is 2.33. The van der Waals surface area contributed by atoms with Crippen molar-refractivity contribution in [2.75, 3.05) is 27.0 Å². The predicted molar refractivity (Wildman–Crippen MR) is 57.1 cm³/mol. The lowest BCUT2D eigenvalue weighted by Crippen LogP contribution is -2.53. The monoisotopic (exact) mass is 220 g/mol. The Morgan fingerprint density at radius 3 is 2.71 bits per heavy atom. The molecular weight excluding hydrogens is 198 g/mol. The van der Waals surface area contributed by atoms with Gasteiger partial charge < -0.3 is 10.2 Å². The van der Waals surface area contributed by atoms with Crippen molar-refractivity contribution in [1.82, 2.24) is 0 Å². The number of nitrogens with zero attached hydrogens (tertiary/aromatic N) is 1. The van der Waals surface area contributed by atoms with E-state index in [4.69, 9.17) is 4.84 Å². The van der Waals surface area contributed by atoms with Crippen molar-refractivity contribution in [3.8, 4) is 0 Å². The standard InChI is InChI=1S/C9H22NO3Si/c1-13-10(8-12)6-4-2-3-5-9(7-11)14-10/h9,11-12H,2-8,14H2,1H3/q+1. The maximum absolute atomic E-state index is 9.37. The van der Waals surface area contributed by atoms with Crippen LogP contribution in [0, 0.1) is 0 Å². The van der Waals surface area contributed by atoms with Gasteiger partial charge in [0, 0.05) is 12.1 Å². The van der Waals surface area contributed by atoms with Crippen molar-refractivity contribution in [3.63, 3.8) is 0 Å². The first kappa shape index (κ1) is 12.1. The fourth-order valence-corrected chi connectivity index (χ4v) is 4.36. The first-order valence-corrected chi connectivity index (χ1v) is 6.85. The minimum absolute atomic E-state index is 0.0687. The summed E-state index contributed by atoms with van der Waals surface area (Å²) < 4.78 is 0.422. The van der Waals surface area contributed by atoms with E-state index in [1.165, 1.54) is 12.8 Å². The molecule has 14 heavy (non-hydrogen) atoms. The van der Waals surface area contributed by atoms with Crippen molar-refractivity contribution >= 4 is 9.68 Å². The minimum Gasteiger partial charge on any atom is -0.396 e. The Bertz CT molecular complexity index is 164. The second-order valence-corrected chi connectivity index (χ2v) is 6.86. The Kier molecular flexibility index (Phi) is 5.04. The summed E-state index contributed by atoms with van der Waals surface area (Å²) in [5, 5.41) is 18.6. The molecule has 0 aromatic carbocycles. The van der Waals surface area contributed by atoms with E-state index >= 15 is 0 Å². The van der Waals surface area contributed by atoms with E-state index in [1.807, 2.05) is 0 Å². The molecule has 0 radical (unpaired) electrons. The number of aliphatic hydroxyl groups is 2. The van der Waals surface area contributed by atoms with Gasteiger partial charge >= 0.3 is 0 Å². The summed E-state index contributed by atoms with van der Waals surface area (Å²) in [5.41, 5.74) is 0.405. The van der Waals surface area contributed by atoms with Crippen molar-refractivity contribution in [1.29, 1.82) is 0 Å². The molecule has 0 aromatic rings. The Labute approximate surface area is 87.9 Å². The van der Waals surface area contributed by atoms with Crippen LogP contribution >= 0.6 is 0 Å². The molecule has 0 spiro atoms. The zero-order valence-electron chi connectivity index (χ0n) is 8.98. The molecule has 1 heterocycles. The molecule has 2 atom stereocenters. The van der Waals surface area contributed by atoms with Gasteiger partial charge in [-0.05, 0) is 19.3 Å². The van der Waals surface area contributed by atoms with E-state index in [9.17, 15) is 10.2 Å². The van der Waals surface area contributed by atoms with E-state index in [-0.39, 0.29) is 13.3 Å². The fraction of sp³-hybridized carbons (Fsp3) is 1.00. The molecule has 2 N–H and O–H groups in total. The van der Waals surface area contributed by atoms with Crippen LogP contribution in [0.1, 0.15) is 25.7 Å². The molecule has 0 aliphatic carbocycles. The van der Waals surface area contributed by atoms with Crippen LogP contribution in [0.5, 0.6) is 0 Å². The largest absolute Gasteiger partial charge is 0.396 e. The van der Waals surface area contributed by atoms with Crippen molar-refractivity contribution in [3.05, 3.63) is 0 Å². The average molecular weight is 220 g/mol. The zero-order chi connectivity index (χ0) is 10.4. The van der Waals surface area contributed by atoms with Crippen LogP contribution in [-0.2, 0) is 4.84 Å². The molecular formula is C9H22NO3Si+. The molecule has 1 fully saturated rings. The Balaban J connectivity index is 2.60. The lowest BCUT2D eigenvalue weighted by molar-refractivity contribution is -1.03. The molecule has 1 saturated heterocycles. The number of quaternary nitrogens is 1. The molecule has 0 bridgehead atoms. The minimum atomic E-state index is -0.612. The summed E-state index contributed by atoms with van der Waals surface area (Å²) in [7, 11) is 1.05. The predicted octanol–water partition coefficient (Wildman–Crippen LogP) is -0.247. The van der Waals surface area contributed by atoms with E-state index in [1.54, 1.807) is 7.11 Å². The van der Waals surface area contributed by atoms with Gasteiger partial charge in [0.05, 0.1) is 13.7 Å². The van der Waals surface area contributed by atoms with Crippen LogP contribution in [0.25, 0.3) is 0 Å². The highest BCUT2D eigenvalue weighted by Crippen LogP contribution is 2.23. The number of hydrogen-bond donors (Lipinski definition) is 2. The summed E-state index contributed by atoms with van der Waals surface area (Å²) in [6, 6.07) is 0. The fourth-order valence-electron chi connectivity index (χ4n) is 2.16. The van der Waals surface area contributed by atoms with Crippen molar-refractivity contribution < 1.29 is 19.4 Å². The number of rotatable bonds is 3. The third-order valence-corrected chi connectivity index (χ3v) is 5.79. The van der Waals surface area contributed by atoms with Gasteiger partial charge in [0.25, 0.3) is 9.68 Å². The first-order chi connectivity index (χ1) is 6.76. The van der Waals surface area contributed by atoms with Crippen molar-refractivity contribution in [2.45, 2.75) is 31.2 Å². The van der Waals surface area contributed by atoms with Gasteiger partial charge in [-0.15, -0.1) is 0 Å². The van der Waals surface area contributed by atoms with Crippen LogP contribution < -0.4 is 0 Å². The zero-order valence-corrected chi connectivity index (χ0v) is 10.4. The third kappa shape index (κ3) is 3.03. The summed E-state index contributed by atoms with van der Waals surface area (Å²) in [4.78, 5) is 5.43. The lowest BCUT2D eigenvalue weighted by Gasteiger charge is -2.36. The molecule has 1 aliphatic rings. The summed E-state index contributed by atoms with van der Waals surface area (Å²) >= 11 is 0. The number of hydroxylamine groups is 2. The SMILES string of the molecule is CO[N+]1(CO)CCCCCC(CO)[SiH2]1. The second kappa shape index (κ2) is 5.82. The van der Waals surface area contributed by atoms with E-state index in [0.29, 0.717) is 9.85 Å². The van der Waals surface area contributed by atoms with Gasteiger partial charge in [-0.1, -0.05) is 6.42 Å². The van der Waals surface area contributed by atoms with Crippen molar-refractivity contribution in [2.24, 2.45) is 0 Å². The number of hydrogen-bond acceptors (Lipinski definition) is 3. The van der Waals surface area contributed by atoms with Gasteiger partial charge in [0.1, 0.15) is 0 Å². The summed E-state index contributed by atoms with van der Waals surface area (Å²) in [6.45, 7) is 1.24. The Morgan fingerprint density at radius 1 is 1.36 bits per heavy atom. The van der Waals surface area contributed by atoms with Gasteiger partial charge in [-0.2, -0.15) is 0 Å². The second-order valence-electron chi connectivity index (χ2n) is 4.19. The highest BCUT2D eigenvalue weighted by atomic mass is 28.2. The number of aliphatic hydroxyl groups excluding tert-OH is 2. The van der Waals surface area contributed by atoms with E-state index in [2.05, 4.69) is 0 Å². The van der Waals surface area contributed by atoms with Gasteiger partial charge in [-0.25, -0.2) is 9.15 Å². The smallest absolute Gasteiger partial charge is 0.294 e. The van der Waals surface area contributed by atoms with Crippen LogP contribution in [0.4, 0.5) is 0 Å². The average Bonchev–Trinajstić information content (AvgIpc) is 2.19. The molecule has 4 nitrogen and oxygen atoms in total. The van der Waals surface area contributed by atoms with Gasteiger partial charge in [0.2, 0.25) is 0 Å². The summed E-state index contributed by atoms with van der Waals surface area (Å²) in [6.07, 6.45) is 4.63. The Hall–Kier alpha value is 0.0569. The first-order valence-electron chi connectivity index (χ1n) is 5.40. The highest BCUT2D eigenvalue weighted by molar-refractivity contribution is 6.28. The molecule has 0 aromatic heterocycles. The topological polar surface area (TPSA) is 49.7 Å². The maximum Gasteiger partial charge on any atom is 0.294 e. The summed E-state index contributed by atoms with van der Waals surface area (Å²) in [5.74, 6) is 0. The van der Waals surface area contributed by atoms with Crippen LogP contribution in [0.2, 0.25) is 5.54 Å². The molecule has 5 heteroatoms. The Morgan fingerprint density at radius 2 is 2.14 bits per heavy atom. The van der Waals surface area contributed by atoms with E-state index < -0.39 is 9.68 Å². The quantitative estimate of drug-likeness (QED) is 0.645. The molecule has 1 aliphatic heterocycles. The van der Waals surface area contributed by atoms with Gasteiger partial charge in [0.15, 0.2) is 6.73 Å². The molecule has 0 amide bonds. The molecule has 0 saturated carbocycles. The third-order valence-electron chi connectivity index (χ3n) is 3.17.